The van der Waals surface area contributed by atoms with Crippen LogP contribution in [0.4, 0.5) is 0 Å². The highest BCUT2D eigenvalue weighted by Gasteiger charge is 2.24. The van der Waals surface area contributed by atoms with Crippen LogP contribution in [-0.2, 0) is 6.54 Å². The van der Waals surface area contributed by atoms with Gasteiger partial charge in [-0.2, -0.15) is 0 Å². The summed E-state index contributed by atoms with van der Waals surface area (Å²) in [6.07, 6.45) is 3.42. The molecule has 4 heteroatoms. The summed E-state index contributed by atoms with van der Waals surface area (Å²) in [6.45, 7) is 0.487. The molecule has 0 bridgehead atoms. The topological polar surface area (TPSA) is 58.0 Å². The smallest absolute Gasteiger partial charge is 0.186 e. The number of ketones is 1. The fraction of sp³-hybridized carbons (Fsp3) is 0.0952. The van der Waals surface area contributed by atoms with Crippen LogP contribution in [0.2, 0.25) is 0 Å². The van der Waals surface area contributed by atoms with Crippen molar-refractivity contribution in [2.75, 3.05) is 0 Å². The summed E-state index contributed by atoms with van der Waals surface area (Å²) < 4.78 is 5.38. The molecule has 124 valence electrons. The summed E-state index contributed by atoms with van der Waals surface area (Å²) >= 11 is 0. The van der Waals surface area contributed by atoms with Crippen LogP contribution in [0.15, 0.2) is 83.6 Å². The van der Waals surface area contributed by atoms with Crippen molar-refractivity contribution in [1.29, 1.82) is 0 Å². The zero-order valence-corrected chi connectivity index (χ0v) is 13.6. The molecule has 1 atom stereocenters. The Morgan fingerprint density at radius 2 is 1.80 bits per heavy atom. The molecule has 2 aromatic heterocycles. The number of para-hydroxylation sites is 1. The van der Waals surface area contributed by atoms with E-state index in [1.165, 1.54) is 0 Å². The fourth-order valence-corrected chi connectivity index (χ4v) is 3.05. The van der Waals surface area contributed by atoms with Crippen molar-refractivity contribution < 1.29 is 9.21 Å². The number of aromatic nitrogens is 1. The summed E-state index contributed by atoms with van der Waals surface area (Å²) in [7, 11) is 0. The van der Waals surface area contributed by atoms with Crippen molar-refractivity contribution >= 4 is 16.7 Å². The number of Topliss-reactive ketones (excluding diaryl/α,β-unsaturated/α-hetero) is 1. The molecule has 2 aromatic carbocycles. The largest absolute Gasteiger partial charge is 0.468 e. The first-order chi connectivity index (χ1) is 12.3. The first-order valence-corrected chi connectivity index (χ1v) is 8.24. The van der Waals surface area contributed by atoms with Gasteiger partial charge < -0.3 is 9.40 Å². The highest BCUT2D eigenvalue weighted by Crippen LogP contribution is 2.25. The van der Waals surface area contributed by atoms with Gasteiger partial charge in [-0.3, -0.25) is 10.1 Å². The Kier molecular flexibility index (Phi) is 4.19. The van der Waals surface area contributed by atoms with Gasteiger partial charge in [0.15, 0.2) is 5.78 Å². The van der Waals surface area contributed by atoms with Crippen LogP contribution in [-0.4, -0.2) is 10.8 Å². The molecule has 0 aliphatic heterocycles. The number of hydrogen-bond acceptors (Lipinski definition) is 3. The van der Waals surface area contributed by atoms with Crippen LogP contribution in [0, 0.1) is 0 Å². The number of benzene rings is 2. The third-order valence-corrected chi connectivity index (χ3v) is 4.31. The second-order valence-electron chi connectivity index (χ2n) is 5.92. The van der Waals surface area contributed by atoms with Gasteiger partial charge in [0, 0.05) is 22.7 Å². The van der Waals surface area contributed by atoms with Crippen molar-refractivity contribution in [3.05, 3.63) is 96.1 Å². The molecule has 0 saturated heterocycles. The SMILES string of the molecule is O=C(c1c[nH]c2ccccc12)[C@@H](NCc1ccco1)c1ccccc1. The van der Waals surface area contributed by atoms with E-state index in [1.54, 1.807) is 12.5 Å². The maximum Gasteiger partial charge on any atom is 0.186 e. The standard InChI is InChI=1S/C21H18N2O2/c24-21(18-14-22-19-11-5-4-10-17(18)19)20(15-7-2-1-3-8-15)23-13-16-9-6-12-25-16/h1-12,14,20,22-23H,13H2/t20-/m0/s1. The van der Waals surface area contributed by atoms with Crippen LogP contribution in [0.5, 0.6) is 0 Å². The predicted molar refractivity (Wildman–Crippen MR) is 97.4 cm³/mol. The molecule has 25 heavy (non-hydrogen) atoms. The van der Waals surface area contributed by atoms with Crippen molar-refractivity contribution in [1.82, 2.24) is 10.3 Å². The summed E-state index contributed by atoms with van der Waals surface area (Å²) in [5.41, 5.74) is 2.59. The third kappa shape index (κ3) is 3.12. The minimum absolute atomic E-state index is 0.0372. The molecule has 4 nitrogen and oxygen atoms in total. The van der Waals surface area contributed by atoms with Gasteiger partial charge in [0.05, 0.1) is 18.8 Å². The second-order valence-corrected chi connectivity index (χ2v) is 5.92. The number of fused-ring (bicyclic) bond motifs is 1. The molecule has 0 amide bonds. The van der Waals surface area contributed by atoms with Gasteiger partial charge in [-0.15, -0.1) is 0 Å². The van der Waals surface area contributed by atoms with Gasteiger partial charge in [0.1, 0.15) is 5.76 Å². The lowest BCUT2D eigenvalue weighted by Gasteiger charge is -2.17. The average molecular weight is 330 g/mol. The molecule has 0 spiro atoms. The van der Waals surface area contributed by atoms with Gasteiger partial charge in [0.2, 0.25) is 0 Å². The number of carbonyl (C=O) groups is 1. The number of rotatable bonds is 6. The van der Waals surface area contributed by atoms with Gasteiger partial charge in [-0.25, -0.2) is 0 Å². The van der Waals surface area contributed by atoms with Gasteiger partial charge in [-0.1, -0.05) is 48.5 Å². The third-order valence-electron chi connectivity index (χ3n) is 4.31. The normalized spacial score (nSPS) is 12.3. The van der Waals surface area contributed by atoms with Gasteiger partial charge in [0.25, 0.3) is 0 Å². The predicted octanol–water partition coefficient (Wildman–Crippen LogP) is 4.47. The second kappa shape index (κ2) is 6.79. The Hall–Kier alpha value is -3.11. The molecular weight excluding hydrogens is 312 g/mol. The summed E-state index contributed by atoms with van der Waals surface area (Å²) in [6, 6.07) is 20.9. The summed E-state index contributed by atoms with van der Waals surface area (Å²) in [4.78, 5) is 16.4. The number of hydrogen-bond donors (Lipinski definition) is 2. The van der Waals surface area contributed by atoms with Crippen LogP contribution < -0.4 is 5.32 Å². The quantitative estimate of drug-likeness (QED) is 0.513. The monoisotopic (exact) mass is 330 g/mol. The number of carbonyl (C=O) groups excluding carboxylic acids is 1. The minimum atomic E-state index is -0.439. The van der Waals surface area contributed by atoms with Crippen LogP contribution in [0.3, 0.4) is 0 Å². The van der Waals surface area contributed by atoms with E-state index in [0.29, 0.717) is 12.1 Å². The minimum Gasteiger partial charge on any atom is -0.468 e. The van der Waals surface area contributed by atoms with Gasteiger partial charge >= 0.3 is 0 Å². The summed E-state index contributed by atoms with van der Waals surface area (Å²) in [5, 5.41) is 4.27. The Labute approximate surface area is 145 Å². The highest BCUT2D eigenvalue weighted by molar-refractivity contribution is 6.10. The van der Waals surface area contributed by atoms with E-state index in [-0.39, 0.29) is 5.78 Å². The molecule has 0 aliphatic carbocycles. The van der Waals surface area contributed by atoms with E-state index in [1.807, 2.05) is 66.7 Å². The molecule has 0 aliphatic rings. The van der Waals surface area contributed by atoms with Crippen molar-refractivity contribution in [3.63, 3.8) is 0 Å². The molecule has 2 N–H and O–H groups in total. The Morgan fingerprint density at radius 3 is 2.60 bits per heavy atom. The molecule has 0 fully saturated rings. The zero-order valence-electron chi connectivity index (χ0n) is 13.6. The highest BCUT2D eigenvalue weighted by atomic mass is 16.3. The Balaban J connectivity index is 1.68. The van der Waals surface area contributed by atoms with E-state index < -0.39 is 6.04 Å². The zero-order chi connectivity index (χ0) is 17.1. The van der Waals surface area contributed by atoms with E-state index >= 15 is 0 Å². The first-order valence-electron chi connectivity index (χ1n) is 8.24. The van der Waals surface area contributed by atoms with Crippen molar-refractivity contribution in [2.45, 2.75) is 12.6 Å². The van der Waals surface area contributed by atoms with Crippen LogP contribution >= 0.6 is 0 Å². The van der Waals surface area contributed by atoms with E-state index in [2.05, 4.69) is 10.3 Å². The maximum absolute atomic E-state index is 13.3. The first kappa shape index (κ1) is 15.4. The number of H-pyrrole nitrogens is 1. The maximum atomic E-state index is 13.3. The lowest BCUT2D eigenvalue weighted by atomic mass is 9.97. The van der Waals surface area contributed by atoms with Crippen LogP contribution in [0.25, 0.3) is 10.9 Å². The molecule has 0 radical (unpaired) electrons. The number of aromatic amines is 1. The molecule has 2 heterocycles. The Morgan fingerprint density at radius 1 is 1.00 bits per heavy atom. The molecule has 0 unspecified atom stereocenters. The molecular formula is C21H18N2O2. The average Bonchev–Trinajstić information content (AvgIpc) is 3.32. The van der Waals surface area contributed by atoms with Crippen molar-refractivity contribution in [2.24, 2.45) is 0 Å². The molecule has 4 rings (SSSR count). The lowest BCUT2D eigenvalue weighted by Crippen LogP contribution is -2.28. The van der Waals surface area contributed by atoms with Crippen LogP contribution in [0.1, 0.15) is 27.7 Å². The molecule has 0 saturated carbocycles. The van der Waals surface area contributed by atoms with Crippen molar-refractivity contribution in [3.8, 4) is 0 Å². The lowest BCUT2D eigenvalue weighted by molar-refractivity contribution is 0.0942. The Bertz CT molecular complexity index is 971. The number of nitrogens with one attached hydrogen (secondary N) is 2. The number of furan rings is 1. The van der Waals surface area contributed by atoms with E-state index in [0.717, 1.165) is 22.2 Å². The van der Waals surface area contributed by atoms with E-state index in [9.17, 15) is 4.79 Å². The fourth-order valence-electron chi connectivity index (χ4n) is 3.05. The van der Waals surface area contributed by atoms with Gasteiger partial charge in [-0.05, 0) is 23.8 Å². The van der Waals surface area contributed by atoms with E-state index in [4.69, 9.17) is 4.42 Å². The summed E-state index contributed by atoms with van der Waals surface area (Å²) in [5.74, 6) is 0.836. The molecule has 4 aromatic rings.